The van der Waals surface area contributed by atoms with E-state index < -0.39 is 5.97 Å². The van der Waals surface area contributed by atoms with Gasteiger partial charge in [-0.05, 0) is 18.6 Å². The van der Waals surface area contributed by atoms with E-state index in [1.165, 1.54) is 0 Å². The fraction of sp³-hybridized carbons (Fsp3) is 0.308. The van der Waals surface area contributed by atoms with E-state index >= 15 is 0 Å². The molecule has 0 aliphatic heterocycles. The number of carbonyl (C=O) groups is 1. The molecule has 1 N–H and O–H groups in total. The lowest BCUT2D eigenvalue weighted by atomic mass is 10.2. The number of ether oxygens (including phenoxy) is 1. The molecule has 0 fully saturated rings. The quantitative estimate of drug-likeness (QED) is 0.884. The van der Waals surface area contributed by atoms with Gasteiger partial charge in [0.05, 0.1) is 17.3 Å². The first kappa shape index (κ1) is 14.3. The Hall–Kier alpha value is -2.08. The van der Waals surface area contributed by atoms with Crippen molar-refractivity contribution in [3.05, 3.63) is 40.7 Å². The average Bonchev–Trinajstić information content (AvgIpc) is 2.84. The SMILES string of the molecule is CCc1c(C(=O)O)nnn1CCOc1ccccc1Cl. The fourth-order valence-electron chi connectivity index (χ4n) is 1.83. The van der Waals surface area contributed by atoms with Crippen LogP contribution in [0.5, 0.6) is 5.75 Å². The van der Waals surface area contributed by atoms with Crippen molar-refractivity contribution < 1.29 is 14.6 Å². The highest BCUT2D eigenvalue weighted by Crippen LogP contribution is 2.23. The summed E-state index contributed by atoms with van der Waals surface area (Å²) in [5.41, 5.74) is 0.575. The van der Waals surface area contributed by atoms with Crippen molar-refractivity contribution in [2.75, 3.05) is 6.61 Å². The van der Waals surface area contributed by atoms with Crippen LogP contribution >= 0.6 is 11.6 Å². The van der Waals surface area contributed by atoms with Gasteiger partial charge in [0.1, 0.15) is 12.4 Å². The van der Waals surface area contributed by atoms with Gasteiger partial charge in [0.25, 0.3) is 0 Å². The second-order valence-electron chi connectivity index (χ2n) is 4.05. The summed E-state index contributed by atoms with van der Waals surface area (Å²) in [4.78, 5) is 11.0. The van der Waals surface area contributed by atoms with Gasteiger partial charge in [0.2, 0.25) is 0 Å². The van der Waals surface area contributed by atoms with Gasteiger partial charge in [-0.15, -0.1) is 5.10 Å². The zero-order valence-corrected chi connectivity index (χ0v) is 11.7. The molecule has 0 unspecified atom stereocenters. The summed E-state index contributed by atoms with van der Waals surface area (Å²) in [6.07, 6.45) is 0.542. The number of halogens is 1. The Bertz CT molecular complexity index is 613. The van der Waals surface area contributed by atoms with Crippen molar-refractivity contribution in [2.24, 2.45) is 0 Å². The Kier molecular flexibility index (Phi) is 4.57. The molecular weight excluding hydrogens is 282 g/mol. The molecular formula is C13H14ClN3O3. The highest BCUT2D eigenvalue weighted by Gasteiger charge is 2.17. The van der Waals surface area contributed by atoms with Gasteiger partial charge in [-0.25, -0.2) is 9.48 Å². The van der Waals surface area contributed by atoms with Crippen LogP contribution in [0.15, 0.2) is 24.3 Å². The summed E-state index contributed by atoms with van der Waals surface area (Å²) in [5, 5.41) is 17.0. The number of aromatic carboxylic acids is 1. The minimum absolute atomic E-state index is 0.00903. The highest BCUT2D eigenvalue weighted by atomic mass is 35.5. The van der Waals surface area contributed by atoms with Gasteiger partial charge in [-0.2, -0.15) is 0 Å². The minimum atomic E-state index is -1.07. The zero-order chi connectivity index (χ0) is 14.5. The monoisotopic (exact) mass is 295 g/mol. The van der Waals surface area contributed by atoms with Crippen LogP contribution < -0.4 is 4.74 Å². The average molecular weight is 296 g/mol. The maximum Gasteiger partial charge on any atom is 0.358 e. The zero-order valence-electron chi connectivity index (χ0n) is 10.9. The van der Waals surface area contributed by atoms with Gasteiger partial charge in [0, 0.05) is 0 Å². The number of carboxylic acids is 1. The van der Waals surface area contributed by atoms with Gasteiger partial charge >= 0.3 is 5.97 Å². The first-order valence-corrected chi connectivity index (χ1v) is 6.54. The number of carboxylic acid groups (broad SMARTS) is 1. The minimum Gasteiger partial charge on any atom is -0.490 e. The summed E-state index contributed by atoms with van der Waals surface area (Å²) in [7, 11) is 0. The molecule has 0 atom stereocenters. The summed E-state index contributed by atoms with van der Waals surface area (Å²) in [6.45, 7) is 2.60. The third-order valence-corrected chi connectivity index (χ3v) is 3.08. The fourth-order valence-corrected chi connectivity index (χ4v) is 2.02. The lowest BCUT2D eigenvalue weighted by Crippen LogP contribution is -2.13. The van der Waals surface area contributed by atoms with E-state index in [-0.39, 0.29) is 5.69 Å². The third-order valence-electron chi connectivity index (χ3n) is 2.77. The number of hydrogen-bond acceptors (Lipinski definition) is 4. The summed E-state index contributed by atoms with van der Waals surface area (Å²) < 4.78 is 7.08. The molecule has 106 valence electrons. The van der Waals surface area contributed by atoms with E-state index in [0.29, 0.717) is 36.0 Å². The molecule has 0 aliphatic carbocycles. The Morgan fingerprint density at radius 1 is 1.45 bits per heavy atom. The van der Waals surface area contributed by atoms with Crippen LogP contribution in [0.2, 0.25) is 5.02 Å². The Morgan fingerprint density at radius 2 is 2.20 bits per heavy atom. The molecule has 0 aliphatic rings. The number of aromatic nitrogens is 3. The van der Waals surface area contributed by atoms with Crippen molar-refractivity contribution >= 4 is 17.6 Å². The smallest absolute Gasteiger partial charge is 0.358 e. The molecule has 0 bridgehead atoms. The Labute approximate surface area is 120 Å². The number of rotatable bonds is 6. The van der Waals surface area contributed by atoms with Crippen molar-refractivity contribution in [1.29, 1.82) is 0 Å². The molecule has 1 aromatic heterocycles. The molecule has 6 nitrogen and oxygen atoms in total. The Balaban J connectivity index is 2.01. The number of para-hydroxylation sites is 1. The van der Waals surface area contributed by atoms with E-state index in [4.69, 9.17) is 21.4 Å². The lowest BCUT2D eigenvalue weighted by molar-refractivity contribution is 0.0689. The van der Waals surface area contributed by atoms with Crippen molar-refractivity contribution in [3.63, 3.8) is 0 Å². The topological polar surface area (TPSA) is 77.2 Å². The standard InChI is InChI=1S/C13H14ClN3O3/c1-2-10-12(13(18)19)15-16-17(10)7-8-20-11-6-4-3-5-9(11)14/h3-6H,2,7-8H2,1H3,(H,18,19). The second-order valence-corrected chi connectivity index (χ2v) is 4.45. The summed E-state index contributed by atoms with van der Waals surface area (Å²) in [6, 6.07) is 7.16. The molecule has 1 heterocycles. The van der Waals surface area contributed by atoms with Crippen molar-refractivity contribution in [3.8, 4) is 5.75 Å². The molecule has 0 saturated carbocycles. The molecule has 7 heteroatoms. The first-order valence-electron chi connectivity index (χ1n) is 6.16. The summed E-state index contributed by atoms with van der Waals surface area (Å²) >= 11 is 5.97. The number of nitrogens with zero attached hydrogens (tertiary/aromatic N) is 3. The van der Waals surface area contributed by atoms with E-state index in [1.54, 1.807) is 16.8 Å². The molecule has 2 aromatic rings. The summed E-state index contributed by atoms with van der Waals surface area (Å²) in [5.74, 6) is -0.481. The van der Waals surface area contributed by atoms with Crippen molar-refractivity contribution in [2.45, 2.75) is 19.9 Å². The molecule has 0 amide bonds. The van der Waals surface area contributed by atoms with E-state index in [2.05, 4.69) is 10.3 Å². The molecule has 0 saturated heterocycles. The number of benzene rings is 1. The maximum absolute atomic E-state index is 11.0. The van der Waals surface area contributed by atoms with E-state index in [1.807, 2.05) is 19.1 Å². The molecule has 0 radical (unpaired) electrons. The van der Waals surface area contributed by atoms with Crippen LogP contribution in [0.1, 0.15) is 23.1 Å². The van der Waals surface area contributed by atoms with Gasteiger partial charge in [-0.1, -0.05) is 35.9 Å². The van der Waals surface area contributed by atoms with Crippen LogP contribution in [0, 0.1) is 0 Å². The molecule has 0 spiro atoms. The molecule has 1 aromatic carbocycles. The normalized spacial score (nSPS) is 10.5. The van der Waals surface area contributed by atoms with Crippen LogP contribution in [-0.2, 0) is 13.0 Å². The van der Waals surface area contributed by atoms with Crippen LogP contribution in [0.4, 0.5) is 0 Å². The van der Waals surface area contributed by atoms with Crippen LogP contribution in [-0.4, -0.2) is 32.7 Å². The van der Waals surface area contributed by atoms with Gasteiger partial charge < -0.3 is 9.84 Å². The first-order chi connectivity index (χ1) is 9.63. The predicted molar refractivity (Wildman–Crippen MR) is 73.3 cm³/mol. The third kappa shape index (κ3) is 3.08. The second kappa shape index (κ2) is 6.38. The predicted octanol–water partition coefficient (Wildman–Crippen LogP) is 2.27. The molecule has 2 rings (SSSR count). The van der Waals surface area contributed by atoms with Crippen LogP contribution in [0.3, 0.4) is 0 Å². The number of hydrogen-bond donors (Lipinski definition) is 1. The largest absolute Gasteiger partial charge is 0.490 e. The molecule has 20 heavy (non-hydrogen) atoms. The van der Waals surface area contributed by atoms with E-state index in [9.17, 15) is 4.79 Å². The van der Waals surface area contributed by atoms with E-state index in [0.717, 1.165) is 0 Å². The Morgan fingerprint density at radius 3 is 2.85 bits per heavy atom. The maximum atomic E-state index is 11.0. The van der Waals surface area contributed by atoms with Gasteiger partial charge in [0.15, 0.2) is 5.69 Å². The lowest BCUT2D eigenvalue weighted by Gasteiger charge is -2.09. The van der Waals surface area contributed by atoms with Crippen molar-refractivity contribution in [1.82, 2.24) is 15.0 Å². The van der Waals surface area contributed by atoms with Crippen LogP contribution in [0.25, 0.3) is 0 Å². The highest BCUT2D eigenvalue weighted by molar-refractivity contribution is 6.32. The van der Waals surface area contributed by atoms with Gasteiger partial charge in [-0.3, -0.25) is 0 Å².